The average Bonchev–Trinajstić information content (AvgIpc) is 2.93. The van der Waals surface area contributed by atoms with E-state index in [4.69, 9.17) is 4.74 Å². The van der Waals surface area contributed by atoms with Crippen LogP contribution in [-0.2, 0) is 11.3 Å². The number of nitrogens with one attached hydrogen (secondary N) is 2. The van der Waals surface area contributed by atoms with Gasteiger partial charge < -0.3 is 19.8 Å². The van der Waals surface area contributed by atoms with E-state index in [1.165, 1.54) is 26.4 Å². The zero-order chi connectivity index (χ0) is 14.5. The first-order valence-electron chi connectivity index (χ1n) is 5.97. The van der Waals surface area contributed by atoms with Gasteiger partial charge in [-0.15, -0.1) is 0 Å². The minimum Gasteiger partial charge on any atom is -0.494 e. The number of methoxy groups -OCH3 is 2. The summed E-state index contributed by atoms with van der Waals surface area (Å²) in [5.41, 5.74) is 1.86. The van der Waals surface area contributed by atoms with Crippen molar-refractivity contribution in [3.8, 4) is 5.75 Å². The summed E-state index contributed by atoms with van der Waals surface area (Å²) < 4.78 is 22.8. The SMILES string of the molecule is COC(=O)c1ccc(CNc2ccc(F)cc2OC)[nH]1. The molecule has 0 bridgehead atoms. The van der Waals surface area contributed by atoms with Crippen LogP contribution in [0.4, 0.5) is 10.1 Å². The Morgan fingerprint density at radius 3 is 2.80 bits per heavy atom. The third kappa shape index (κ3) is 3.09. The van der Waals surface area contributed by atoms with Crippen molar-refractivity contribution < 1.29 is 18.7 Å². The van der Waals surface area contributed by atoms with Gasteiger partial charge in [0.2, 0.25) is 0 Å². The number of esters is 1. The maximum Gasteiger partial charge on any atom is 0.354 e. The van der Waals surface area contributed by atoms with Crippen LogP contribution in [-0.4, -0.2) is 25.2 Å². The molecule has 0 amide bonds. The van der Waals surface area contributed by atoms with Gasteiger partial charge in [0.25, 0.3) is 0 Å². The highest BCUT2D eigenvalue weighted by atomic mass is 19.1. The Hall–Kier alpha value is -2.50. The number of benzene rings is 1. The third-order valence-electron chi connectivity index (χ3n) is 2.78. The molecule has 1 aromatic heterocycles. The van der Waals surface area contributed by atoms with Gasteiger partial charge in [-0.05, 0) is 24.3 Å². The van der Waals surface area contributed by atoms with Gasteiger partial charge in [-0.3, -0.25) is 0 Å². The standard InChI is InChI=1S/C14H15FN2O3/c1-19-13-7-9(15)3-5-11(13)16-8-10-4-6-12(17-10)14(18)20-2/h3-7,16-17H,8H2,1-2H3. The highest BCUT2D eigenvalue weighted by Crippen LogP contribution is 2.25. The second-order valence-electron chi connectivity index (χ2n) is 4.09. The molecule has 5 nitrogen and oxygen atoms in total. The lowest BCUT2D eigenvalue weighted by atomic mass is 10.2. The van der Waals surface area contributed by atoms with Crippen molar-refractivity contribution in [2.24, 2.45) is 0 Å². The van der Waals surface area contributed by atoms with Crippen LogP contribution in [0.15, 0.2) is 30.3 Å². The fourth-order valence-corrected chi connectivity index (χ4v) is 1.77. The maximum absolute atomic E-state index is 13.1. The number of hydrogen-bond acceptors (Lipinski definition) is 4. The van der Waals surface area contributed by atoms with E-state index in [1.54, 1.807) is 18.2 Å². The molecule has 0 radical (unpaired) electrons. The van der Waals surface area contributed by atoms with Gasteiger partial charge in [0.1, 0.15) is 17.3 Å². The van der Waals surface area contributed by atoms with E-state index in [0.29, 0.717) is 23.7 Å². The predicted molar refractivity (Wildman–Crippen MR) is 72.4 cm³/mol. The van der Waals surface area contributed by atoms with Crippen LogP contribution < -0.4 is 10.1 Å². The van der Waals surface area contributed by atoms with E-state index in [2.05, 4.69) is 15.0 Å². The van der Waals surface area contributed by atoms with E-state index >= 15 is 0 Å². The molecule has 0 aliphatic heterocycles. The van der Waals surface area contributed by atoms with E-state index in [-0.39, 0.29) is 5.82 Å². The molecular weight excluding hydrogens is 263 g/mol. The third-order valence-corrected chi connectivity index (χ3v) is 2.78. The second-order valence-corrected chi connectivity index (χ2v) is 4.09. The largest absolute Gasteiger partial charge is 0.494 e. The van der Waals surface area contributed by atoms with Gasteiger partial charge in [-0.2, -0.15) is 0 Å². The Morgan fingerprint density at radius 2 is 2.10 bits per heavy atom. The van der Waals surface area contributed by atoms with Crippen molar-refractivity contribution in [1.82, 2.24) is 4.98 Å². The summed E-state index contributed by atoms with van der Waals surface area (Å²) in [4.78, 5) is 14.2. The Bertz CT molecular complexity index is 610. The molecule has 0 atom stereocenters. The minimum atomic E-state index is -0.421. The first kappa shape index (κ1) is 13.9. The van der Waals surface area contributed by atoms with Crippen LogP contribution >= 0.6 is 0 Å². The molecule has 1 heterocycles. The molecule has 1 aromatic carbocycles. The molecule has 0 fully saturated rings. The number of anilines is 1. The molecule has 106 valence electrons. The molecule has 0 aliphatic carbocycles. The highest BCUT2D eigenvalue weighted by molar-refractivity contribution is 5.87. The lowest BCUT2D eigenvalue weighted by Gasteiger charge is -2.10. The molecule has 0 unspecified atom stereocenters. The Balaban J connectivity index is 2.05. The van der Waals surface area contributed by atoms with E-state index in [9.17, 15) is 9.18 Å². The van der Waals surface area contributed by atoms with E-state index in [0.717, 1.165) is 5.69 Å². The van der Waals surface area contributed by atoms with Crippen LogP contribution in [0, 0.1) is 5.82 Å². The summed E-state index contributed by atoms with van der Waals surface area (Å²) in [6.45, 7) is 0.443. The van der Waals surface area contributed by atoms with Crippen LogP contribution in [0.2, 0.25) is 0 Å². The smallest absolute Gasteiger partial charge is 0.354 e. The number of halogens is 1. The highest BCUT2D eigenvalue weighted by Gasteiger charge is 2.09. The van der Waals surface area contributed by atoms with Crippen LogP contribution in [0.5, 0.6) is 5.75 Å². The summed E-state index contributed by atoms with van der Waals surface area (Å²) in [7, 11) is 2.80. The fourth-order valence-electron chi connectivity index (χ4n) is 1.77. The normalized spacial score (nSPS) is 10.2. The number of H-pyrrole nitrogens is 1. The zero-order valence-corrected chi connectivity index (χ0v) is 11.2. The number of hydrogen-bond donors (Lipinski definition) is 2. The van der Waals surface area contributed by atoms with Crippen molar-refractivity contribution in [3.05, 3.63) is 47.5 Å². The fraction of sp³-hybridized carbons (Fsp3) is 0.214. The summed E-state index contributed by atoms with van der Waals surface area (Å²) in [5, 5.41) is 3.10. The minimum absolute atomic E-state index is 0.361. The van der Waals surface area contributed by atoms with Crippen LogP contribution in [0.25, 0.3) is 0 Å². The van der Waals surface area contributed by atoms with Gasteiger partial charge in [-0.1, -0.05) is 0 Å². The summed E-state index contributed by atoms with van der Waals surface area (Å²) >= 11 is 0. The Kier molecular flexibility index (Phi) is 4.24. The van der Waals surface area contributed by atoms with Gasteiger partial charge >= 0.3 is 5.97 Å². The topological polar surface area (TPSA) is 63.4 Å². The molecular formula is C14H15FN2O3. The number of ether oxygens (including phenoxy) is 2. The number of aromatic nitrogens is 1. The van der Waals surface area contributed by atoms with Gasteiger partial charge in [-0.25, -0.2) is 9.18 Å². The quantitative estimate of drug-likeness (QED) is 0.825. The van der Waals surface area contributed by atoms with E-state index in [1.807, 2.05) is 0 Å². The lowest BCUT2D eigenvalue weighted by Crippen LogP contribution is -2.04. The molecule has 6 heteroatoms. The molecule has 2 aromatic rings. The van der Waals surface area contributed by atoms with Crippen molar-refractivity contribution >= 4 is 11.7 Å². The van der Waals surface area contributed by atoms with Crippen LogP contribution in [0.3, 0.4) is 0 Å². The average molecular weight is 278 g/mol. The Morgan fingerprint density at radius 1 is 1.30 bits per heavy atom. The van der Waals surface area contributed by atoms with Crippen molar-refractivity contribution in [2.45, 2.75) is 6.54 Å². The molecule has 0 saturated carbocycles. The number of carbonyl (C=O) groups excluding carboxylic acids is 1. The number of carbonyl (C=O) groups is 1. The number of aromatic amines is 1. The van der Waals surface area contributed by atoms with Crippen molar-refractivity contribution in [2.75, 3.05) is 19.5 Å². The van der Waals surface area contributed by atoms with E-state index < -0.39 is 5.97 Å². The molecule has 2 N–H and O–H groups in total. The van der Waals surface area contributed by atoms with Gasteiger partial charge in [0.05, 0.1) is 26.5 Å². The predicted octanol–water partition coefficient (Wildman–Crippen LogP) is 2.56. The number of rotatable bonds is 5. The van der Waals surface area contributed by atoms with Crippen molar-refractivity contribution in [1.29, 1.82) is 0 Å². The lowest BCUT2D eigenvalue weighted by molar-refractivity contribution is 0.0594. The Labute approximate surface area is 115 Å². The molecule has 20 heavy (non-hydrogen) atoms. The summed E-state index contributed by atoms with van der Waals surface area (Å²) in [5.74, 6) is -0.361. The maximum atomic E-state index is 13.1. The monoisotopic (exact) mass is 278 g/mol. The van der Waals surface area contributed by atoms with Gasteiger partial charge in [0.15, 0.2) is 0 Å². The second kappa shape index (κ2) is 6.10. The molecule has 0 saturated heterocycles. The van der Waals surface area contributed by atoms with Crippen LogP contribution in [0.1, 0.15) is 16.2 Å². The summed E-state index contributed by atoms with van der Waals surface area (Å²) in [6, 6.07) is 7.66. The molecule has 2 rings (SSSR count). The molecule has 0 spiro atoms. The first-order chi connectivity index (χ1) is 9.63. The molecule has 0 aliphatic rings. The summed E-state index contributed by atoms with van der Waals surface area (Å²) in [6.07, 6.45) is 0. The zero-order valence-electron chi connectivity index (χ0n) is 11.2. The first-order valence-corrected chi connectivity index (χ1v) is 5.97. The van der Waals surface area contributed by atoms with Gasteiger partial charge in [0, 0.05) is 11.8 Å². The van der Waals surface area contributed by atoms with Crippen molar-refractivity contribution in [3.63, 3.8) is 0 Å².